The Bertz CT molecular complexity index is 529. The number of piperidine rings is 1. The molecule has 3 rings (SSSR count). The highest BCUT2D eigenvalue weighted by Gasteiger charge is 2.31. The average Bonchev–Trinajstić information content (AvgIpc) is 2.89. The molecule has 2 heterocycles. The van der Waals surface area contributed by atoms with Crippen LogP contribution in [0.15, 0.2) is 6.07 Å². The summed E-state index contributed by atoms with van der Waals surface area (Å²) >= 11 is 1.72. The van der Waals surface area contributed by atoms with Gasteiger partial charge in [-0.3, -0.25) is 4.79 Å². The normalized spacial score (nSPS) is 26.0. The second kappa shape index (κ2) is 7.33. The maximum absolute atomic E-state index is 12.9. The van der Waals surface area contributed by atoms with E-state index in [9.17, 15) is 4.79 Å². The second-order valence-electron chi connectivity index (χ2n) is 6.83. The van der Waals surface area contributed by atoms with Crippen molar-refractivity contribution in [2.45, 2.75) is 64.5 Å². The van der Waals surface area contributed by atoms with Crippen LogP contribution in [0, 0.1) is 5.92 Å². The molecular formula is C17H27ClN2OS. The first-order valence-corrected chi connectivity index (χ1v) is 9.06. The molecule has 124 valence electrons. The quantitative estimate of drug-likeness (QED) is 0.891. The Labute approximate surface area is 143 Å². The summed E-state index contributed by atoms with van der Waals surface area (Å²) in [4.78, 5) is 17.3. The molecule has 5 heteroatoms. The number of hydrogen-bond donors (Lipinski definition) is 1. The SMILES string of the molecule is CC1CCc2sc(C(=O)N3CCCCC3C(C)N)cc2C1.Cl. The fraction of sp³-hybridized carbons (Fsp3) is 0.706. The zero-order valence-corrected chi connectivity index (χ0v) is 15.1. The lowest BCUT2D eigenvalue weighted by Crippen LogP contribution is -2.51. The van der Waals surface area contributed by atoms with Crippen molar-refractivity contribution in [1.29, 1.82) is 0 Å². The number of carbonyl (C=O) groups excluding carboxylic acids is 1. The minimum absolute atomic E-state index is 0. The first-order chi connectivity index (χ1) is 10.1. The number of aryl methyl sites for hydroxylation is 1. The molecule has 0 spiro atoms. The number of rotatable bonds is 2. The lowest BCUT2D eigenvalue weighted by atomic mass is 9.90. The van der Waals surface area contributed by atoms with Crippen LogP contribution in [0.4, 0.5) is 0 Å². The van der Waals surface area contributed by atoms with Gasteiger partial charge in [-0.1, -0.05) is 6.92 Å². The van der Waals surface area contributed by atoms with Gasteiger partial charge in [0.05, 0.1) is 4.88 Å². The highest BCUT2D eigenvalue weighted by atomic mass is 35.5. The van der Waals surface area contributed by atoms with E-state index in [2.05, 4.69) is 13.0 Å². The number of hydrogen-bond acceptors (Lipinski definition) is 3. The molecule has 1 saturated heterocycles. The number of carbonyl (C=O) groups is 1. The highest BCUT2D eigenvalue weighted by Crippen LogP contribution is 2.33. The summed E-state index contributed by atoms with van der Waals surface area (Å²) < 4.78 is 0. The van der Waals surface area contributed by atoms with Gasteiger partial charge < -0.3 is 10.6 Å². The molecule has 0 bridgehead atoms. The van der Waals surface area contributed by atoms with Gasteiger partial charge in [-0.15, -0.1) is 23.7 Å². The number of fused-ring (bicyclic) bond motifs is 1. The van der Waals surface area contributed by atoms with Crippen LogP contribution in [0.3, 0.4) is 0 Å². The summed E-state index contributed by atoms with van der Waals surface area (Å²) in [6.45, 7) is 5.19. The summed E-state index contributed by atoms with van der Waals surface area (Å²) in [5, 5.41) is 0. The molecule has 1 aliphatic carbocycles. The van der Waals surface area contributed by atoms with E-state index in [1.54, 1.807) is 11.3 Å². The van der Waals surface area contributed by atoms with E-state index in [1.807, 2.05) is 11.8 Å². The van der Waals surface area contributed by atoms with Gasteiger partial charge in [0.15, 0.2) is 0 Å². The first kappa shape index (κ1) is 17.8. The summed E-state index contributed by atoms with van der Waals surface area (Å²) in [5.41, 5.74) is 7.51. The Hall–Kier alpha value is -0.580. The number of nitrogens with two attached hydrogens (primary N) is 1. The standard InChI is InChI=1S/C17H26N2OS.ClH/c1-11-6-7-15-13(9-11)10-16(21-15)17(20)19-8-4-3-5-14(19)12(2)18;/h10-12,14H,3-9,18H2,1-2H3;1H. The topological polar surface area (TPSA) is 46.3 Å². The van der Waals surface area contributed by atoms with E-state index in [4.69, 9.17) is 5.73 Å². The Kier molecular flexibility index (Phi) is 5.92. The van der Waals surface area contributed by atoms with Gasteiger partial charge in [0, 0.05) is 23.5 Å². The van der Waals surface area contributed by atoms with Crippen LogP contribution >= 0.6 is 23.7 Å². The van der Waals surface area contributed by atoms with Gasteiger partial charge in [-0.2, -0.15) is 0 Å². The summed E-state index contributed by atoms with van der Waals surface area (Å²) in [7, 11) is 0. The monoisotopic (exact) mass is 342 g/mol. The van der Waals surface area contributed by atoms with Crippen molar-refractivity contribution >= 4 is 29.7 Å². The third kappa shape index (κ3) is 3.50. The summed E-state index contributed by atoms with van der Waals surface area (Å²) in [6.07, 6.45) is 6.88. The van der Waals surface area contributed by atoms with Crippen LogP contribution in [0.25, 0.3) is 0 Å². The van der Waals surface area contributed by atoms with E-state index in [0.29, 0.717) is 0 Å². The fourth-order valence-corrected chi connectivity index (χ4v) is 4.87. The largest absolute Gasteiger partial charge is 0.333 e. The van der Waals surface area contributed by atoms with Crippen LogP contribution < -0.4 is 5.73 Å². The average molecular weight is 343 g/mol. The van der Waals surface area contributed by atoms with E-state index >= 15 is 0 Å². The van der Waals surface area contributed by atoms with E-state index < -0.39 is 0 Å². The number of thiophene rings is 1. The van der Waals surface area contributed by atoms with Gasteiger partial charge in [0.1, 0.15) is 0 Å². The van der Waals surface area contributed by atoms with Gasteiger partial charge in [-0.05, 0) is 63.0 Å². The van der Waals surface area contributed by atoms with Crippen molar-refractivity contribution in [3.05, 3.63) is 21.4 Å². The third-order valence-corrected chi connectivity index (χ3v) is 6.18. The predicted octanol–water partition coefficient (Wildman–Crippen LogP) is 3.64. The molecule has 1 amide bonds. The van der Waals surface area contributed by atoms with Crippen molar-refractivity contribution < 1.29 is 4.79 Å². The predicted molar refractivity (Wildman–Crippen MR) is 95.1 cm³/mol. The van der Waals surface area contributed by atoms with E-state index in [0.717, 1.165) is 43.0 Å². The van der Waals surface area contributed by atoms with Crippen molar-refractivity contribution in [3.8, 4) is 0 Å². The third-order valence-electron chi connectivity index (χ3n) is 4.96. The van der Waals surface area contributed by atoms with Crippen molar-refractivity contribution in [2.24, 2.45) is 11.7 Å². The molecule has 3 atom stereocenters. The van der Waals surface area contributed by atoms with Crippen molar-refractivity contribution in [2.75, 3.05) is 6.54 Å². The number of amides is 1. The molecular weight excluding hydrogens is 316 g/mol. The van der Waals surface area contributed by atoms with Gasteiger partial charge >= 0.3 is 0 Å². The van der Waals surface area contributed by atoms with Gasteiger partial charge in [-0.25, -0.2) is 0 Å². The fourth-order valence-electron chi connectivity index (χ4n) is 3.71. The Balaban J connectivity index is 0.00000176. The lowest BCUT2D eigenvalue weighted by molar-refractivity contribution is 0.0589. The molecule has 0 saturated carbocycles. The molecule has 1 aromatic heterocycles. The zero-order valence-electron chi connectivity index (χ0n) is 13.5. The van der Waals surface area contributed by atoms with Crippen LogP contribution in [-0.2, 0) is 12.8 Å². The molecule has 3 unspecified atom stereocenters. The summed E-state index contributed by atoms with van der Waals surface area (Å²) in [5.74, 6) is 0.964. The maximum Gasteiger partial charge on any atom is 0.264 e. The van der Waals surface area contributed by atoms with E-state index in [1.165, 1.54) is 23.3 Å². The van der Waals surface area contributed by atoms with Crippen LogP contribution in [0.5, 0.6) is 0 Å². The molecule has 2 aliphatic rings. The Morgan fingerprint density at radius 2 is 2.18 bits per heavy atom. The van der Waals surface area contributed by atoms with Crippen molar-refractivity contribution in [3.63, 3.8) is 0 Å². The lowest BCUT2D eigenvalue weighted by Gasteiger charge is -2.37. The van der Waals surface area contributed by atoms with Crippen LogP contribution in [0.1, 0.15) is 59.6 Å². The summed E-state index contributed by atoms with van der Waals surface area (Å²) in [6, 6.07) is 2.43. The molecule has 0 aromatic carbocycles. The zero-order chi connectivity index (χ0) is 15.0. The number of nitrogens with zero attached hydrogens (tertiary/aromatic N) is 1. The number of likely N-dealkylation sites (tertiary alicyclic amines) is 1. The van der Waals surface area contributed by atoms with Gasteiger partial charge in [0.2, 0.25) is 0 Å². The number of halogens is 1. The van der Waals surface area contributed by atoms with Crippen LogP contribution in [-0.4, -0.2) is 29.4 Å². The maximum atomic E-state index is 12.9. The molecule has 1 fully saturated rings. The molecule has 0 radical (unpaired) electrons. The molecule has 1 aliphatic heterocycles. The smallest absolute Gasteiger partial charge is 0.264 e. The van der Waals surface area contributed by atoms with Crippen LogP contribution in [0.2, 0.25) is 0 Å². The minimum Gasteiger partial charge on any atom is -0.333 e. The minimum atomic E-state index is 0. The molecule has 22 heavy (non-hydrogen) atoms. The van der Waals surface area contributed by atoms with Crippen molar-refractivity contribution in [1.82, 2.24) is 4.90 Å². The highest BCUT2D eigenvalue weighted by molar-refractivity contribution is 7.14. The van der Waals surface area contributed by atoms with Gasteiger partial charge in [0.25, 0.3) is 5.91 Å². The molecule has 2 N–H and O–H groups in total. The second-order valence-corrected chi connectivity index (χ2v) is 7.96. The molecule has 3 nitrogen and oxygen atoms in total. The van der Waals surface area contributed by atoms with E-state index in [-0.39, 0.29) is 30.4 Å². The Morgan fingerprint density at radius 1 is 1.41 bits per heavy atom. The first-order valence-electron chi connectivity index (χ1n) is 8.24. The Morgan fingerprint density at radius 3 is 2.91 bits per heavy atom. The molecule has 1 aromatic rings.